The van der Waals surface area contributed by atoms with E-state index in [9.17, 15) is 0 Å². The minimum atomic E-state index is -2.02. The minimum Gasteiger partial charge on any atom is -0.314 e. The van der Waals surface area contributed by atoms with Crippen LogP contribution in [0.15, 0.2) is 9.07 Å². The number of hydrogen-bond acceptors (Lipinski definition) is 2. The molecule has 0 N–H and O–H groups in total. The SMILES string of the molecule is C[Si](C)(C)N=C1N([Si](C)(C)C)P(=N[Si](C)(C)C)(N([Si](C)(C)C)[Si](C)(C)C)N1[Si](C)(C)C. The molecule has 0 aromatic rings. The molecule has 31 heavy (non-hydrogen) atoms. The van der Waals surface area contributed by atoms with Crippen molar-refractivity contribution in [3.8, 4) is 0 Å². The highest BCUT2D eigenvalue weighted by atomic mass is 31.2. The fraction of sp³-hybridized carbons (Fsp3) is 0.947. The summed E-state index contributed by atoms with van der Waals surface area (Å²) < 4.78 is 20.5. The number of rotatable bonds is 7. The van der Waals surface area contributed by atoms with Crippen LogP contribution in [0.3, 0.4) is 0 Å². The van der Waals surface area contributed by atoms with Crippen molar-refractivity contribution >= 4 is 62.9 Å². The first-order valence-corrected chi connectivity index (χ1v) is 34.1. The second-order valence-electron chi connectivity index (χ2n) is 15.0. The van der Waals surface area contributed by atoms with E-state index < -0.39 is 56.9 Å². The predicted octanol–water partition coefficient (Wildman–Crippen LogP) is 8.22. The van der Waals surface area contributed by atoms with Gasteiger partial charge in [-0.25, -0.2) is 0 Å². The first-order valence-electron chi connectivity index (χ1n) is 11.8. The molecule has 0 amide bonds. The van der Waals surface area contributed by atoms with Gasteiger partial charge in [-0.15, -0.1) is 0 Å². The molecule has 0 unspecified atom stereocenters. The van der Waals surface area contributed by atoms with E-state index in [0.717, 1.165) is 0 Å². The predicted molar refractivity (Wildman–Crippen MR) is 162 cm³/mol. The van der Waals surface area contributed by atoms with Gasteiger partial charge in [-0.3, -0.25) is 13.1 Å². The Hall–Kier alpha value is 0.761. The van der Waals surface area contributed by atoms with Crippen LogP contribution < -0.4 is 0 Å². The Balaban J connectivity index is 4.33. The second kappa shape index (κ2) is 8.46. The van der Waals surface area contributed by atoms with Crippen molar-refractivity contribution in [3.05, 3.63) is 0 Å². The molecule has 1 rings (SSSR count). The third-order valence-electron chi connectivity index (χ3n) is 4.60. The average Bonchev–Trinajstić information content (AvgIpc) is 2.24. The van der Waals surface area contributed by atoms with Crippen molar-refractivity contribution in [1.82, 2.24) is 12.7 Å². The largest absolute Gasteiger partial charge is 0.314 e. The van der Waals surface area contributed by atoms with Gasteiger partial charge in [0.2, 0.25) is 0 Å². The lowest BCUT2D eigenvalue weighted by atomic mass is 11.1. The average molecular weight is 552 g/mol. The molecule has 0 aromatic heterocycles. The molecular formula is C19H54N5PSi6. The normalized spacial score (nSPS) is 22.1. The van der Waals surface area contributed by atoms with Gasteiger partial charge < -0.3 is 8.67 Å². The quantitative estimate of drug-likeness (QED) is 0.236. The fourth-order valence-corrected chi connectivity index (χ4v) is 39.1. The summed E-state index contributed by atoms with van der Waals surface area (Å²) in [7, 11) is -12.2. The van der Waals surface area contributed by atoms with E-state index in [1.165, 1.54) is 5.96 Å². The van der Waals surface area contributed by atoms with Crippen LogP contribution in [-0.2, 0) is 0 Å². The molecule has 1 aliphatic heterocycles. The van der Waals surface area contributed by atoms with Crippen LogP contribution in [0, 0.1) is 0 Å². The van der Waals surface area contributed by atoms with Crippen LogP contribution in [0.1, 0.15) is 0 Å². The molecule has 12 heteroatoms. The van der Waals surface area contributed by atoms with Crippen LogP contribution in [-0.4, -0.2) is 68.0 Å². The molecular weight excluding hydrogens is 498 g/mol. The maximum Gasteiger partial charge on any atom is 0.184 e. The summed E-state index contributed by atoms with van der Waals surface area (Å²) in [6, 6.07) is 0. The van der Waals surface area contributed by atoms with E-state index in [2.05, 4.69) is 131 Å². The van der Waals surface area contributed by atoms with Crippen molar-refractivity contribution in [3.63, 3.8) is 0 Å². The monoisotopic (exact) mass is 551 g/mol. The molecule has 0 bridgehead atoms. The van der Waals surface area contributed by atoms with Gasteiger partial charge in [0.15, 0.2) is 46.4 Å². The first kappa shape index (κ1) is 29.8. The molecule has 0 atom stereocenters. The van der Waals surface area contributed by atoms with Crippen molar-refractivity contribution < 1.29 is 0 Å². The van der Waals surface area contributed by atoms with Crippen LogP contribution in [0.25, 0.3) is 0 Å². The number of hydrogen-bond donors (Lipinski definition) is 0. The van der Waals surface area contributed by atoms with Crippen molar-refractivity contribution in [2.45, 2.75) is 118 Å². The fourth-order valence-electron chi connectivity index (χ4n) is 4.71. The summed E-state index contributed by atoms with van der Waals surface area (Å²) in [6.45, 7) is 45.0. The van der Waals surface area contributed by atoms with E-state index in [-0.39, 0.29) is 0 Å². The summed E-state index contributed by atoms with van der Waals surface area (Å²) in [6.07, 6.45) is 0. The Morgan fingerprint density at radius 3 is 1.06 bits per heavy atom. The number of guanidine groups is 1. The van der Waals surface area contributed by atoms with Gasteiger partial charge in [0.25, 0.3) is 0 Å². The van der Waals surface area contributed by atoms with E-state index in [1.54, 1.807) is 0 Å². The summed E-state index contributed by atoms with van der Waals surface area (Å²) >= 11 is 0. The van der Waals surface area contributed by atoms with Crippen molar-refractivity contribution in [2.24, 2.45) is 9.07 Å². The van der Waals surface area contributed by atoms with Gasteiger partial charge in [-0.1, -0.05) is 78.6 Å². The maximum absolute atomic E-state index is 6.06. The van der Waals surface area contributed by atoms with Crippen LogP contribution in [0.4, 0.5) is 0 Å². The molecule has 5 nitrogen and oxygen atoms in total. The summed E-state index contributed by atoms with van der Waals surface area (Å²) in [5, 5.41) is 0. The maximum atomic E-state index is 6.06. The standard InChI is InChI=1S/C19H54N5PSi6/c1-26(2,3)20-19-22(28(7,8)9)25(21-27(4,5)6,23(19)29(10,11)12)24(30(13,14)15)31(16,17)18/h1-18H3. The summed E-state index contributed by atoms with van der Waals surface area (Å²) in [5.41, 5.74) is 0. The molecule has 1 aliphatic rings. The minimum absolute atomic E-state index is 1.33. The van der Waals surface area contributed by atoms with Gasteiger partial charge in [-0.2, -0.15) is 0 Å². The Kier molecular flexibility index (Phi) is 8.13. The molecule has 1 heterocycles. The zero-order chi connectivity index (χ0) is 25.2. The van der Waals surface area contributed by atoms with E-state index in [1.807, 2.05) is 0 Å². The lowest BCUT2D eigenvalue weighted by Gasteiger charge is -2.72. The summed E-state index contributed by atoms with van der Waals surface area (Å²) in [5.74, 6) is 1.33. The Morgan fingerprint density at radius 1 is 0.548 bits per heavy atom. The Morgan fingerprint density at radius 2 is 0.871 bits per heavy atom. The lowest BCUT2D eigenvalue weighted by Crippen LogP contribution is -2.76. The molecule has 0 aromatic carbocycles. The molecule has 184 valence electrons. The van der Waals surface area contributed by atoms with E-state index in [4.69, 9.17) is 9.07 Å². The first-order chi connectivity index (χ1) is 13.2. The zero-order valence-corrected chi connectivity index (χ0v) is 31.1. The highest BCUT2D eigenvalue weighted by molar-refractivity contribution is 7.72. The lowest BCUT2D eigenvalue weighted by molar-refractivity contribution is 0.629. The van der Waals surface area contributed by atoms with Gasteiger partial charge >= 0.3 is 0 Å². The zero-order valence-electron chi connectivity index (χ0n) is 24.2. The second-order valence-corrected chi connectivity index (χ2v) is 48.1. The van der Waals surface area contributed by atoms with Gasteiger partial charge in [0.05, 0.1) is 0 Å². The topological polar surface area (TPSA) is 34.4 Å². The molecule has 0 spiro atoms. The van der Waals surface area contributed by atoms with Crippen LogP contribution >= 0.6 is 7.51 Å². The van der Waals surface area contributed by atoms with Crippen LogP contribution in [0.5, 0.6) is 0 Å². The molecule has 0 aliphatic carbocycles. The Labute approximate surface area is 201 Å². The van der Waals surface area contributed by atoms with Gasteiger partial charge in [-0.05, 0) is 39.3 Å². The highest BCUT2D eigenvalue weighted by Gasteiger charge is 2.65. The van der Waals surface area contributed by atoms with Gasteiger partial charge in [0.1, 0.15) is 16.5 Å². The summed E-state index contributed by atoms with van der Waals surface area (Å²) in [4.78, 5) is 0. The van der Waals surface area contributed by atoms with E-state index in [0.29, 0.717) is 0 Å². The van der Waals surface area contributed by atoms with Gasteiger partial charge in [0, 0.05) is 0 Å². The van der Waals surface area contributed by atoms with Crippen LogP contribution in [0.2, 0.25) is 118 Å². The molecule has 1 saturated heterocycles. The van der Waals surface area contributed by atoms with Crippen molar-refractivity contribution in [2.75, 3.05) is 0 Å². The highest BCUT2D eigenvalue weighted by Crippen LogP contribution is 2.74. The van der Waals surface area contributed by atoms with E-state index >= 15 is 0 Å². The molecule has 1 fully saturated rings. The molecule has 0 radical (unpaired) electrons. The smallest absolute Gasteiger partial charge is 0.184 e. The van der Waals surface area contributed by atoms with Crippen molar-refractivity contribution in [1.29, 1.82) is 0 Å². The number of nitrogens with zero attached hydrogens (tertiary/aromatic N) is 5. The molecule has 0 saturated carbocycles. The third-order valence-corrected chi connectivity index (χ3v) is 30.8. The third kappa shape index (κ3) is 6.67. The Bertz CT molecular complexity index is 716.